The average Bonchev–Trinajstić information content (AvgIpc) is 2.72. The molecule has 5 nitrogen and oxygen atoms in total. The number of hydrogen-bond donors (Lipinski definition) is 1. The van der Waals surface area contributed by atoms with Crippen molar-refractivity contribution in [2.24, 2.45) is 7.05 Å². The Hall–Kier alpha value is -2.27. The number of aromatic nitrogens is 1. The van der Waals surface area contributed by atoms with E-state index >= 15 is 0 Å². The standard InChI is InChI=1S/C19H25N3O2/c1-3-24-19(23)18-17(20)15-9-11-22(12-10-16(15)21(18)2)13-14-7-5-4-6-8-14/h4-8H,3,9-13,20H2,1-2H3. The molecule has 0 bridgehead atoms. The van der Waals surface area contributed by atoms with Crippen LogP contribution in [0.4, 0.5) is 5.69 Å². The van der Waals surface area contributed by atoms with Crippen molar-refractivity contribution in [3.8, 4) is 0 Å². The summed E-state index contributed by atoms with van der Waals surface area (Å²) in [5.74, 6) is -0.327. The number of nitrogen functional groups attached to an aromatic ring is 1. The summed E-state index contributed by atoms with van der Waals surface area (Å²) in [5.41, 5.74) is 11.0. The van der Waals surface area contributed by atoms with Gasteiger partial charge >= 0.3 is 5.97 Å². The fourth-order valence-electron chi connectivity index (χ4n) is 3.51. The Bertz CT molecular complexity index is 690. The molecule has 0 saturated carbocycles. The quantitative estimate of drug-likeness (QED) is 0.876. The molecule has 1 aromatic carbocycles. The molecule has 128 valence electrons. The molecule has 1 aliphatic rings. The lowest BCUT2D eigenvalue weighted by molar-refractivity contribution is 0.0516. The highest BCUT2D eigenvalue weighted by molar-refractivity contribution is 5.95. The molecular formula is C19H25N3O2. The van der Waals surface area contributed by atoms with Crippen molar-refractivity contribution in [2.45, 2.75) is 26.3 Å². The molecule has 0 radical (unpaired) electrons. The fourth-order valence-corrected chi connectivity index (χ4v) is 3.51. The van der Waals surface area contributed by atoms with Gasteiger partial charge in [0.15, 0.2) is 5.69 Å². The first kappa shape index (κ1) is 16.6. The van der Waals surface area contributed by atoms with Crippen LogP contribution in [-0.4, -0.2) is 35.1 Å². The molecule has 2 aromatic rings. The van der Waals surface area contributed by atoms with Crippen molar-refractivity contribution in [3.05, 3.63) is 52.8 Å². The zero-order valence-corrected chi connectivity index (χ0v) is 14.4. The predicted octanol–water partition coefficient (Wildman–Crippen LogP) is 2.38. The second kappa shape index (κ2) is 7.09. The van der Waals surface area contributed by atoms with Crippen LogP contribution in [0.15, 0.2) is 30.3 Å². The Morgan fingerprint density at radius 1 is 1.21 bits per heavy atom. The maximum atomic E-state index is 12.2. The van der Waals surface area contributed by atoms with Gasteiger partial charge in [-0.1, -0.05) is 30.3 Å². The van der Waals surface area contributed by atoms with E-state index in [-0.39, 0.29) is 5.97 Å². The van der Waals surface area contributed by atoms with E-state index in [1.54, 1.807) is 0 Å². The smallest absolute Gasteiger partial charge is 0.357 e. The summed E-state index contributed by atoms with van der Waals surface area (Å²) in [6.07, 6.45) is 1.75. The Labute approximate surface area is 143 Å². The molecule has 0 aliphatic carbocycles. The number of nitrogens with two attached hydrogens (primary N) is 1. The molecule has 24 heavy (non-hydrogen) atoms. The molecule has 1 aliphatic heterocycles. The lowest BCUT2D eigenvalue weighted by Gasteiger charge is -2.20. The highest BCUT2D eigenvalue weighted by Gasteiger charge is 2.26. The van der Waals surface area contributed by atoms with Crippen molar-refractivity contribution in [1.82, 2.24) is 9.47 Å². The number of ether oxygens (including phenoxy) is 1. The minimum absolute atomic E-state index is 0.327. The monoisotopic (exact) mass is 327 g/mol. The molecule has 3 rings (SSSR count). The number of esters is 1. The second-order valence-electron chi connectivity index (χ2n) is 6.23. The summed E-state index contributed by atoms with van der Waals surface area (Å²) < 4.78 is 7.07. The first-order chi connectivity index (χ1) is 11.6. The highest BCUT2D eigenvalue weighted by atomic mass is 16.5. The summed E-state index contributed by atoms with van der Waals surface area (Å²) >= 11 is 0. The Morgan fingerprint density at radius 3 is 2.62 bits per heavy atom. The molecule has 0 saturated heterocycles. The molecule has 0 unspecified atom stereocenters. The summed E-state index contributed by atoms with van der Waals surface area (Å²) in [7, 11) is 1.91. The lowest BCUT2D eigenvalue weighted by Crippen LogP contribution is -2.26. The van der Waals surface area contributed by atoms with Gasteiger partial charge in [0.2, 0.25) is 0 Å². The van der Waals surface area contributed by atoms with Gasteiger partial charge in [-0.3, -0.25) is 4.90 Å². The van der Waals surface area contributed by atoms with Crippen LogP contribution < -0.4 is 5.73 Å². The van der Waals surface area contributed by atoms with Crippen LogP contribution in [0.2, 0.25) is 0 Å². The summed E-state index contributed by atoms with van der Waals surface area (Å²) in [6, 6.07) is 10.5. The minimum Gasteiger partial charge on any atom is -0.461 e. The fraction of sp³-hybridized carbons (Fsp3) is 0.421. The second-order valence-corrected chi connectivity index (χ2v) is 6.23. The van der Waals surface area contributed by atoms with Crippen LogP contribution in [0.3, 0.4) is 0 Å². The molecule has 1 aromatic heterocycles. The SMILES string of the molecule is CCOC(=O)c1c(N)c2c(n1C)CCN(Cc1ccccc1)CC2. The minimum atomic E-state index is -0.327. The summed E-state index contributed by atoms with van der Waals surface area (Å²) in [6.45, 7) is 5.02. The van der Waals surface area contributed by atoms with Crippen molar-refractivity contribution in [1.29, 1.82) is 0 Å². The van der Waals surface area contributed by atoms with Crippen molar-refractivity contribution in [2.75, 3.05) is 25.4 Å². The molecule has 2 heterocycles. The van der Waals surface area contributed by atoms with Gasteiger partial charge < -0.3 is 15.0 Å². The number of fused-ring (bicyclic) bond motifs is 1. The van der Waals surface area contributed by atoms with Gasteiger partial charge in [-0.15, -0.1) is 0 Å². The van der Waals surface area contributed by atoms with Gasteiger partial charge in [-0.2, -0.15) is 0 Å². The predicted molar refractivity (Wildman–Crippen MR) is 94.9 cm³/mol. The molecule has 0 spiro atoms. The van der Waals surface area contributed by atoms with Gasteiger partial charge in [0.25, 0.3) is 0 Å². The lowest BCUT2D eigenvalue weighted by atomic mass is 10.1. The van der Waals surface area contributed by atoms with Crippen LogP contribution in [0.1, 0.15) is 34.2 Å². The van der Waals surface area contributed by atoms with Crippen molar-refractivity contribution >= 4 is 11.7 Å². The Kier molecular flexibility index (Phi) is 4.90. The highest BCUT2D eigenvalue weighted by Crippen LogP contribution is 2.29. The number of anilines is 1. The third-order valence-corrected chi connectivity index (χ3v) is 4.73. The molecule has 2 N–H and O–H groups in total. The third-order valence-electron chi connectivity index (χ3n) is 4.73. The molecular weight excluding hydrogens is 302 g/mol. The van der Waals surface area contributed by atoms with Gasteiger partial charge in [0.05, 0.1) is 12.3 Å². The van der Waals surface area contributed by atoms with E-state index < -0.39 is 0 Å². The number of hydrogen-bond acceptors (Lipinski definition) is 4. The van der Waals surface area contributed by atoms with Crippen LogP contribution >= 0.6 is 0 Å². The number of benzene rings is 1. The first-order valence-corrected chi connectivity index (χ1v) is 8.51. The van der Waals surface area contributed by atoms with Crippen molar-refractivity contribution < 1.29 is 9.53 Å². The van der Waals surface area contributed by atoms with Crippen molar-refractivity contribution in [3.63, 3.8) is 0 Å². The number of rotatable bonds is 4. The largest absolute Gasteiger partial charge is 0.461 e. The molecule has 5 heteroatoms. The molecule has 0 atom stereocenters. The van der Waals surface area contributed by atoms with Gasteiger partial charge in [-0.25, -0.2) is 4.79 Å². The van der Waals surface area contributed by atoms with Gasteiger partial charge in [0.1, 0.15) is 0 Å². The van der Waals surface area contributed by atoms with E-state index in [1.807, 2.05) is 24.6 Å². The molecule has 0 amide bonds. The van der Waals surface area contributed by atoms with E-state index in [2.05, 4.69) is 29.2 Å². The van der Waals surface area contributed by atoms with Gasteiger partial charge in [-0.05, 0) is 24.5 Å². The van der Waals surface area contributed by atoms with E-state index in [1.165, 1.54) is 5.56 Å². The maximum absolute atomic E-state index is 12.2. The van der Waals surface area contributed by atoms with E-state index in [0.717, 1.165) is 43.7 Å². The van der Waals surface area contributed by atoms with Crippen LogP contribution in [0.25, 0.3) is 0 Å². The summed E-state index contributed by atoms with van der Waals surface area (Å²) in [4.78, 5) is 14.6. The zero-order chi connectivity index (χ0) is 17.1. The first-order valence-electron chi connectivity index (χ1n) is 8.51. The van der Waals surface area contributed by atoms with Crippen LogP contribution in [-0.2, 0) is 31.2 Å². The third kappa shape index (κ3) is 3.17. The van der Waals surface area contributed by atoms with E-state index in [9.17, 15) is 4.79 Å². The topological polar surface area (TPSA) is 60.5 Å². The average molecular weight is 327 g/mol. The van der Waals surface area contributed by atoms with Gasteiger partial charge in [0, 0.05) is 38.8 Å². The van der Waals surface area contributed by atoms with Crippen LogP contribution in [0, 0.1) is 0 Å². The Morgan fingerprint density at radius 2 is 1.92 bits per heavy atom. The summed E-state index contributed by atoms with van der Waals surface area (Å²) in [5, 5.41) is 0. The maximum Gasteiger partial charge on any atom is 0.357 e. The number of nitrogens with zero attached hydrogens (tertiary/aromatic N) is 2. The van der Waals surface area contributed by atoms with E-state index in [0.29, 0.717) is 18.0 Å². The number of carbonyl (C=O) groups excluding carboxylic acids is 1. The zero-order valence-electron chi connectivity index (χ0n) is 14.4. The normalized spacial score (nSPS) is 14.9. The number of carbonyl (C=O) groups is 1. The van der Waals surface area contributed by atoms with E-state index in [4.69, 9.17) is 10.5 Å². The molecule has 0 fully saturated rings. The Balaban J connectivity index is 1.77. The van der Waals surface area contributed by atoms with Crippen LogP contribution in [0.5, 0.6) is 0 Å².